The van der Waals surface area contributed by atoms with Crippen molar-refractivity contribution in [1.82, 2.24) is 4.98 Å². The summed E-state index contributed by atoms with van der Waals surface area (Å²) in [5.74, 6) is -1.07. The predicted molar refractivity (Wildman–Crippen MR) is 76.1 cm³/mol. The molecule has 110 valence electrons. The van der Waals surface area contributed by atoms with E-state index in [1.807, 2.05) is 0 Å². The van der Waals surface area contributed by atoms with Crippen LogP contribution in [-0.4, -0.2) is 42.0 Å². The maximum atomic E-state index is 11.7. The fourth-order valence-electron chi connectivity index (χ4n) is 2.83. The van der Waals surface area contributed by atoms with Crippen molar-refractivity contribution in [2.75, 3.05) is 17.6 Å². The minimum Gasteiger partial charge on any atom is -0.481 e. The molecule has 3 rings (SSSR count). The second-order valence-corrected chi connectivity index (χ2v) is 8.75. The van der Waals surface area contributed by atoms with Crippen LogP contribution >= 0.6 is 11.3 Å². The number of hydrogen-bond donors (Lipinski definition) is 2. The van der Waals surface area contributed by atoms with Crippen molar-refractivity contribution in [2.45, 2.75) is 36.9 Å². The molecular weight excluding hydrogens is 300 g/mol. The quantitative estimate of drug-likeness (QED) is 0.868. The average molecular weight is 316 g/mol. The predicted octanol–water partition coefficient (Wildman–Crippen LogP) is 1.25. The molecule has 1 fully saturated rings. The molecule has 1 aliphatic heterocycles. The Morgan fingerprint density at radius 2 is 2.25 bits per heavy atom. The lowest BCUT2D eigenvalue weighted by Gasteiger charge is -2.09. The molecule has 2 N–H and O–H groups in total. The van der Waals surface area contributed by atoms with Crippen LogP contribution < -0.4 is 5.32 Å². The van der Waals surface area contributed by atoms with Crippen LogP contribution in [0.25, 0.3) is 0 Å². The highest BCUT2D eigenvalue weighted by molar-refractivity contribution is 7.92. The lowest BCUT2D eigenvalue weighted by atomic mass is 10.1. The van der Waals surface area contributed by atoms with Crippen molar-refractivity contribution in [3.05, 3.63) is 10.6 Å². The van der Waals surface area contributed by atoms with Crippen molar-refractivity contribution in [2.24, 2.45) is 0 Å². The SMILES string of the molecule is O=C(O)C1CCc2sc(NCC3CCCS3(=O)=O)nc21. The molecule has 1 aliphatic carbocycles. The van der Waals surface area contributed by atoms with E-state index in [-0.39, 0.29) is 11.0 Å². The number of thiazole rings is 1. The van der Waals surface area contributed by atoms with Gasteiger partial charge in [-0.2, -0.15) is 0 Å². The summed E-state index contributed by atoms with van der Waals surface area (Å²) in [7, 11) is -2.96. The molecule has 6 nitrogen and oxygen atoms in total. The summed E-state index contributed by atoms with van der Waals surface area (Å²) in [6.07, 6.45) is 2.77. The molecule has 2 atom stereocenters. The van der Waals surface area contributed by atoms with Crippen molar-refractivity contribution in [3.8, 4) is 0 Å². The smallest absolute Gasteiger partial charge is 0.312 e. The van der Waals surface area contributed by atoms with E-state index in [9.17, 15) is 13.2 Å². The Bertz CT molecular complexity index is 638. The molecule has 20 heavy (non-hydrogen) atoms. The van der Waals surface area contributed by atoms with Gasteiger partial charge in [0.05, 0.1) is 16.7 Å². The number of carboxylic acids is 1. The summed E-state index contributed by atoms with van der Waals surface area (Å²) in [6.45, 7) is 0.368. The number of hydrogen-bond acceptors (Lipinski definition) is 6. The van der Waals surface area contributed by atoms with Gasteiger partial charge in [0.2, 0.25) is 0 Å². The molecule has 0 radical (unpaired) electrons. The van der Waals surface area contributed by atoms with Crippen LogP contribution in [0.15, 0.2) is 0 Å². The van der Waals surface area contributed by atoms with Gasteiger partial charge in [0.1, 0.15) is 5.92 Å². The molecule has 2 heterocycles. The molecule has 0 aromatic carbocycles. The zero-order valence-corrected chi connectivity index (χ0v) is 12.5. The Hall–Kier alpha value is -1.15. The van der Waals surface area contributed by atoms with Gasteiger partial charge in [0, 0.05) is 11.4 Å². The van der Waals surface area contributed by atoms with Crippen molar-refractivity contribution < 1.29 is 18.3 Å². The number of aliphatic carboxylic acids is 1. The van der Waals surface area contributed by atoms with Crippen molar-refractivity contribution in [3.63, 3.8) is 0 Å². The molecule has 1 saturated heterocycles. The first-order valence-electron chi connectivity index (χ1n) is 6.65. The topological polar surface area (TPSA) is 96.4 Å². The van der Waals surface area contributed by atoms with Crippen molar-refractivity contribution >= 4 is 32.3 Å². The highest BCUT2D eigenvalue weighted by Crippen LogP contribution is 2.38. The third-order valence-corrected chi connectivity index (χ3v) is 7.32. The summed E-state index contributed by atoms with van der Waals surface area (Å²) >= 11 is 1.45. The van der Waals surface area contributed by atoms with E-state index < -0.39 is 21.7 Å². The highest BCUT2D eigenvalue weighted by Gasteiger charge is 2.34. The van der Waals surface area contributed by atoms with E-state index in [1.165, 1.54) is 11.3 Å². The molecular formula is C12H16N2O4S2. The number of anilines is 1. The first kappa shape index (κ1) is 13.8. The number of aryl methyl sites for hydroxylation is 1. The third kappa shape index (κ3) is 2.42. The minimum absolute atomic E-state index is 0.273. The summed E-state index contributed by atoms with van der Waals surface area (Å²) in [4.78, 5) is 16.4. The Kier molecular flexibility index (Phi) is 3.45. The second kappa shape index (κ2) is 5.00. The molecule has 2 aliphatic rings. The Balaban J connectivity index is 1.68. The van der Waals surface area contributed by atoms with Crippen LogP contribution in [0.5, 0.6) is 0 Å². The molecule has 2 unspecified atom stereocenters. The Morgan fingerprint density at radius 3 is 2.90 bits per heavy atom. The van der Waals surface area contributed by atoms with E-state index in [1.54, 1.807) is 0 Å². The number of nitrogens with zero attached hydrogens (tertiary/aromatic N) is 1. The monoisotopic (exact) mass is 316 g/mol. The van der Waals surface area contributed by atoms with Gasteiger partial charge in [-0.15, -0.1) is 11.3 Å². The maximum absolute atomic E-state index is 11.7. The minimum atomic E-state index is -2.96. The van der Waals surface area contributed by atoms with E-state index in [2.05, 4.69) is 10.3 Å². The zero-order valence-electron chi connectivity index (χ0n) is 10.8. The van der Waals surface area contributed by atoms with E-state index in [0.717, 1.165) is 17.7 Å². The summed E-state index contributed by atoms with van der Waals surface area (Å²) < 4.78 is 23.5. The summed E-state index contributed by atoms with van der Waals surface area (Å²) in [5, 5.41) is 12.5. The van der Waals surface area contributed by atoms with Gasteiger partial charge in [0.15, 0.2) is 15.0 Å². The van der Waals surface area contributed by atoms with Gasteiger partial charge in [-0.1, -0.05) is 0 Å². The van der Waals surface area contributed by atoms with Gasteiger partial charge in [-0.05, 0) is 25.7 Å². The molecule has 0 spiro atoms. The van der Waals surface area contributed by atoms with Crippen molar-refractivity contribution in [1.29, 1.82) is 0 Å². The van der Waals surface area contributed by atoms with Crippen LogP contribution in [0.2, 0.25) is 0 Å². The molecule has 1 aromatic rings. The largest absolute Gasteiger partial charge is 0.481 e. The Labute approximate surface area is 121 Å². The third-order valence-electron chi connectivity index (χ3n) is 3.96. The van der Waals surface area contributed by atoms with Crippen LogP contribution in [-0.2, 0) is 21.1 Å². The molecule has 0 saturated carbocycles. The van der Waals surface area contributed by atoms with E-state index in [0.29, 0.717) is 30.2 Å². The van der Waals surface area contributed by atoms with Crippen LogP contribution in [0.3, 0.4) is 0 Å². The lowest BCUT2D eigenvalue weighted by Crippen LogP contribution is -2.25. The zero-order chi connectivity index (χ0) is 14.3. The standard InChI is InChI=1S/C12H16N2O4S2/c15-11(16)8-3-4-9-10(8)14-12(19-9)13-6-7-2-1-5-20(7,17)18/h7-8H,1-6H2,(H,13,14)(H,15,16). The fraction of sp³-hybridized carbons (Fsp3) is 0.667. The van der Waals surface area contributed by atoms with Gasteiger partial charge >= 0.3 is 5.97 Å². The van der Waals surface area contributed by atoms with Crippen LogP contribution in [0, 0.1) is 0 Å². The fourth-order valence-corrected chi connectivity index (χ4v) is 5.64. The van der Waals surface area contributed by atoms with Gasteiger partial charge < -0.3 is 10.4 Å². The number of rotatable bonds is 4. The number of nitrogens with one attached hydrogen (secondary N) is 1. The van der Waals surface area contributed by atoms with Crippen LogP contribution in [0.1, 0.15) is 35.8 Å². The molecule has 0 amide bonds. The number of aromatic nitrogens is 1. The second-order valence-electron chi connectivity index (χ2n) is 5.27. The molecule has 0 bridgehead atoms. The Morgan fingerprint density at radius 1 is 1.45 bits per heavy atom. The lowest BCUT2D eigenvalue weighted by molar-refractivity contribution is -0.138. The first-order chi connectivity index (χ1) is 9.47. The first-order valence-corrected chi connectivity index (χ1v) is 9.18. The molecule has 8 heteroatoms. The summed E-state index contributed by atoms with van der Waals surface area (Å²) in [5.41, 5.74) is 0.652. The van der Waals surface area contributed by atoms with Gasteiger partial charge in [-0.25, -0.2) is 13.4 Å². The van der Waals surface area contributed by atoms with E-state index >= 15 is 0 Å². The number of sulfone groups is 1. The molecule has 1 aromatic heterocycles. The maximum Gasteiger partial charge on any atom is 0.312 e. The van der Waals surface area contributed by atoms with Gasteiger partial charge in [0.25, 0.3) is 0 Å². The number of fused-ring (bicyclic) bond motifs is 1. The summed E-state index contributed by atoms with van der Waals surface area (Å²) in [6, 6.07) is 0. The highest BCUT2D eigenvalue weighted by atomic mass is 32.2. The number of carboxylic acid groups (broad SMARTS) is 1. The number of carbonyl (C=O) groups is 1. The van der Waals surface area contributed by atoms with Crippen LogP contribution in [0.4, 0.5) is 5.13 Å². The average Bonchev–Trinajstić information content (AvgIpc) is 2.99. The van der Waals surface area contributed by atoms with Gasteiger partial charge in [-0.3, -0.25) is 4.79 Å². The normalized spacial score (nSPS) is 27.4. The van der Waals surface area contributed by atoms with E-state index in [4.69, 9.17) is 5.11 Å².